The van der Waals surface area contributed by atoms with Crippen molar-refractivity contribution in [1.29, 1.82) is 0 Å². The molecule has 0 bridgehead atoms. The van der Waals surface area contributed by atoms with Crippen LogP contribution in [0.5, 0.6) is 11.5 Å². The van der Waals surface area contributed by atoms with Gasteiger partial charge in [-0.25, -0.2) is 4.79 Å². The molecule has 134 valence electrons. The maximum atomic E-state index is 13.0. The van der Waals surface area contributed by atoms with Crippen LogP contribution in [0.3, 0.4) is 0 Å². The maximum absolute atomic E-state index is 13.0. The molecule has 0 radical (unpaired) electrons. The number of aromatic nitrogens is 1. The average Bonchev–Trinajstić information content (AvgIpc) is 2.60. The molecule has 0 unspecified atom stereocenters. The van der Waals surface area contributed by atoms with Gasteiger partial charge in [0.05, 0.1) is 30.6 Å². The van der Waals surface area contributed by atoms with Crippen LogP contribution in [0.4, 0.5) is 0 Å². The van der Waals surface area contributed by atoms with Crippen molar-refractivity contribution in [2.45, 2.75) is 13.8 Å². The van der Waals surface area contributed by atoms with Crippen molar-refractivity contribution in [3.8, 4) is 11.5 Å². The quantitative estimate of drug-likeness (QED) is 0.400. The van der Waals surface area contributed by atoms with Gasteiger partial charge >= 0.3 is 11.9 Å². The first-order valence-electron chi connectivity index (χ1n) is 7.58. The number of aryl methyl sites for hydroxylation is 1. The number of carbonyl (C=O) groups excluding carboxylic acids is 2. The molecule has 0 atom stereocenters. The first kappa shape index (κ1) is 17.4. The van der Waals surface area contributed by atoms with E-state index < -0.39 is 17.4 Å². The van der Waals surface area contributed by atoms with Gasteiger partial charge in [-0.15, -0.1) is 0 Å². The van der Waals surface area contributed by atoms with Crippen molar-refractivity contribution in [1.82, 2.24) is 4.98 Å². The minimum absolute atomic E-state index is 0.0568. The average molecular weight is 357 g/mol. The molecule has 0 spiro atoms. The number of nitrogens with zero attached hydrogens (tertiary/aromatic N) is 1. The summed E-state index contributed by atoms with van der Waals surface area (Å²) in [7, 11) is 2.52. The molecule has 1 aromatic carbocycles. The van der Waals surface area contributed by atoms with Crippen molar-refractivity contribution in [2.24, 2.45) is 0 Å². The number of methoxy groups -OCH3 is 2. The summed E-state index contributed by atoms with van der Waals surface area (Å²) >= 11 is 0. The predicted molar refractivity (Wildman–Crippen MR) is 91.7 cm³/mol. The van der Waals surface area contributed by atoms with Crippen molar-refractivity contribution in [3.05, 3.63) is 39.8 Å². The summed E-state index contributed by atoms with van der Waals surface area (Å²) in [5.74, 6) is -1.42. The number of esters is 2. The van der Waals surface area contributed by atoms with Gasteiger partial charge in [-0.05, 0) is 13.0 Å². The van der Waals surface area contributed by atoms with Gasteiger partial charge < -0.3 is 18.6 Å². The van der Waals surface area contributed by atoms with E-state index in [0.29, 0.717) is 5.69 Å². The minimum Gasteiger partial charge on any atom is -0.493 e. The fourth-order valence-corrected chi connectivity index (χ4v) is 2.64. The third-order valence-corrected chi connectivity index (χ3v) is 3.76. The highest BCUT2D eigenvalue weighted by atomic mass is 16.6. The molecule has 0 aliphatic rings. The smallest absolute Gasteiger partial charge is 0.338 e. The largest absolute Gasteiger partial charge is 0.493 e. The SMILES string of the molecule is COC(=O)c1cc(OC)c(OC(C)=O)c2oc3cc(C)ncc3c(=O)c12. The maximum Gasteiger partial charge on any atom is 0.338 e. The molecule has 26 heavy (non-hydrogen) atoms. The highest BCUT2D eigenvalue weighted by Gasteiger charge is 2.25. The van der Waals surface area contributed by atoms with Crippen molar-refractivity contribution in [3.63, 3.8) is 0 Å². The number of carbonyl (C=O) groups is 2. The first-order chi connectivity index (χ1) is 12.4. The summed E-state index contributed by atoms with van der Waals surface area (Å²) in [5, 5.41) is 0.110. The number of rotatable bonds is 3. The van der Waals surface area contributed by atoms with Crippen LogP contribution in [0.15, 0.2) is 27.5 Å². The number of fused-ring (bicyclic) bond motifs is 2. The lowest BCUT2D eigenvalue weighted by atomic mass is 10.1. The van der Waals surface area contributed by atoms with E-state index in [9.17, 15) is 14.4 Å². The molecule has 3 rings (SSSR count). The zero-order valence-corrected chi connectivity index (χ0v) is 14.5. The summed E-state index contributed by atoms with van der Waals surface area (Å²) < 4.78 is 21.0. The van der Waals surface area contributed by atoms with Crippen LogP contribution >= 0.6 is 0 Å². The van der Waals surface area contributed by atoms with Crippen LogP contribution < -0.4 is 14.9 Å². The van der Waals surface area contributed by atoms with E-state index in [-0.39, 0.29) is 39.0 Å². The number of pyridine rings is 1. The Morgan fingerprint density at radius 3 is 2.54 bits per heavy atom. The molecule has 3 aromatic rings. The van der Waals surface area contributed by atoms with Crippen LogP contribution in [0.1, 0.15) is 23.0 Å². The molecule has 0 aliphatic carbocycles. The van der Waals surface area contributed by atoms with Gasteiger partial charge in [-0.1, -0.05) is 0 Å². The molecule has 8 nitrogen and oxygen atoms in total. The second-order valence-electron chi connectivity index (χ2n) is 5.50. The number of hydrogen-bond donors (Lipinski definition) is 0. The lowest BCUT2D eigenvalue weighted by molar-refractivity contribution is -0.131. The fourth-order valence-electron chi connectivity index (χ4n) is 2.64. The molecule has 2 heterocycles. The van der Waals surface area contributed by atoms with Gasteiger partial charge in [-0.3, -0.25) is 14.6 Å². The summed E-state index contributed by atoms with van der Waals surface area (Å²) in [6.45, 7) is 2.94. The van der Waals surface area contributed by atoms with Crippen LogP contribution in [0, 0.1) is 6.92 Å². The molecule has 0 amide bonds. The second-order valence-corrected chi connectivity index (χ2v) is 5.50. The Morgan fingerprint density at radius 1 is 1.19 bits per heavy atom. The molecule has 0 N–H and O–H groups in total. The van der Waals surface area contributed by atoms with Crippen molar-refractivity contribution in [2.75, 3.05) is 14.2 Å². The van der Waals surface area contributed by atoms with Gasteiger partial charge in [-0.2, -0.15) is 0 Å². The zero-order valence-electron chi connectivity index (χ0n) is 14.5. The molecule has 0 saturated carbocycles. The normalized spacial score (nSPS) is 10.8. The Balaban J connectivity index is 2.57. The molecule has 2 aromatic heterocycles. The molecular formula is C18H15NO7. The van der Waals surface area contributed by atoms with E-state index in [1.165, 1.54) is 33.4 Å². The summed E-state index contributed by atoms with van der Waals surface area (Å²) in [5.41, 5.74) is 0.234. The van der Waals surface area contributed by atoms with Gasteiger partial charge in [0, 0.05) is 24.9 Å². The minimum atomic E-state index is -0.755. The number of benzene rings is 1. The number of ether oxygens (including phenoxy) is 3. The summed E-state index contributed by atoms with van der Waals surface area (Å²) in [4.78, 5) is 40.8. The topological polar surface area (TPSA) is 105 Å². The molecular weight excluding hydrogens is 342 g/mol. The van der Waals surface area contributed by atoms with Gasteiger partial charge in [0.15, 0.2) is 11.3 Å². The Morgan fingerprint density at radius 2 is 1.92 bits per heavy atom. The van der Waals surface area contributed by atoms with E-state index in [2.05, 4.69) is 4.98 Å². The molecule has 0 aliphatic heterocycles. The Labute approximate surface area is 147 Å². The lowest BCUT2D eigenvalue weighted by Crippen LogP contribution is -2.13. The Bertz CT molecular complexity index is 1110. The van der Waals surface area contributed by atoms with E-state index in [4.69, 9.17) is 18.6 Å². The fraction of sp³-hybridized carbons (Fsp3) is 0.222. The van der Waals surface area contributed by atoms with Crippen LogP contribution in [0.2, 0.25) is 0 Å². The van der Waals surface area contributed by atoms with E-state index in [1.807, 2.05) is 0 Å². The van der Waals surface area contributed by atoms with Crippen molar-refractivity contribution < 1.29 is 28.2 Å². The Kier molecular flexibility index (Phi) is 4.33. The summed E-state index contributed by atoms with van der Waals surface area (Å²) in [6, 6.07) is 2.85. The van der Waals surface area contributed by atoms with E-state index >= 15 is 0 Å². The number of hydrogen-bond acceptors (Lipinski definition) is 8. The van der Waals surface area contributed by atoms with Gasteiger partial charge in [0.1, 0.15) is 5.58 Å². The standard InChI is InChI=1S/C18H15NO7/c1-8-5-12-11(7-19-8)15(21)14-10(18(22)24-4)6-13(23-3)16(17(14)26-12)25-9(2)20/h5-7H,1-4H3. The van der Waals surface area contributed by atoms with E-state index in [1.54, 1.807) is 13.0 Å². The third kappa shape index (κ3) is 2.75. The van der Waals surface area contributed by atoms with Gasteiger partial charge in [0.25, 0.3) is 0 Å². The zero-order chi connectivity index (χ0) is 19.0. The van der Waals surface area contributed by atoms with Crippen LogP contribution in [-0.4, -0.2) is 31.1 Å². The highest BCUT2D eigenvalue weighted by Crippen LogP contribution is 2.38. The first-order valence-corrected chi connectivity index (χ1v) is 7.58. The summed E-state index contributed by atoms with van der Waals surface area (Å²) in [6.07, 6.45) is 1.37. The van der Waals surface area contributed by atoms with Crippen molar-refractivity contribution >= 4 is 33.9 Å². The Hall–Kier alpha value is -3.42. The predicted octanol–water partition coefficient (Wildman–Crippen LogP) is 2.37. The monoisotopic (exact) mass is 357 g/mol. The third-order valence-electron chi connectivity index (χ3n) is 3.76. The second kappa shape index (κ2) is 6.47. The molecule has 0 saturated heterocycles. The molecule has 8 heteroatoms. The van der Waals surface area contributed by atoms with Gasteiger partial charge in [0.2, 0.25) is 11.2 Å². The van der Waals surface area contributed by atoms with Crippen LogP contribution in [-0.2, 0) is 9.53 Å². The highest BCUT2D eigenvalue weighted by molar-refractivity contribution is 6.08. The van der Waals surface area contributed by atoms with Crippen LogP contribution in [0.25, 0.3) is 21.9 Å². The molecule has 0 fully saturated rings. The lowest BCUT2D eigenvalue weighted by Gasteiger charge is -2.13. The van der Waals surface area contributed by atoms with E-state index in [0.717, 1.165) is 0 Å².